The number of hydrogen-bond acceptors (Lipinski definition) is 6. The number of aliphatic hydroxyl groups is 1. The summed E-state index contributed by atoms with van der Waals surface area (Å²) in [6, 6.07) is 3.85. The number of nitrogens with zero attached hydrogens (tertiary/aromatic N) is 2. The molecule has 2 heterocycles. The Bertz CT molecular complexity index is 959. The third-order valence-electron chi connectivity index (χ3n) is 5.04. The van der Waals surface area contributed by atoms with Gasteiger partial charge in [-0.25, -0.2) is 18.6 Å². The van der Waals surface area contributed by atoms with Crippen molar-refractivity contribution in [2.45, 2.75) is 64.3 Å². The molecule has 1 fully saturated rings. The van der Waals surface area contributed by atoms with E-state index in [1.807, 2.05) is 6.92 Å². The maximum absolute atomic E-state index is 13.8. The third kappa shape index (κ3) is 5.60. The number of nitrogens with one attached hydrogen (secondary N) is 1. The molecule has 1 saturated heterocycles. The van der Waals surface area contributed by atoms with Crippen LogP contribution in [0.25, 0.3) is 10.4 Å². The Hall–Kier alpha value is -2.59. The Labute approximate surface area is 189 Å². The van der Waals surface area contributed by atoms with E-state index in [1.165, 1.54) is 11.3 Å². The lowest BCUT2D eigenvalue weighted by atomic mass is 10.0. The van der Waals surface area contributed by atoms with Gasteiger partial charge in [0.05, 0.1) is 28.7 Å². The van der Waals surface area contributed by atoms with Crippen molar-refractivity contribution in [3.63, 3.8) is 0 Å². The molecule has 10 heteroatoms. The Morgan fingerprint density at radius 1 is 1.28 bits per heavy atom. The molecule has 0 unspecified atom stereocenters. The first-order valence-corrected chi connectivity index (χ1v) is 11.1. The number of carbonyl (C=O) groups is 2. The van der Waals surface area contributed by atoms with Crippen molar-refractivity contribution in [3.05, 3.63) is 41.0 Å². The van der Waals surface area contributed by atoms with Crippen LogP contribution in [0.15, 0.2) is 29.8 Å². The molecule has 1 aliphatic rings. The van der Waals surface area contributed by atoms with Crippen LogP contribution in [0.2, 0.25) is 0 Å². The number of carbonyl (C=O) groups excluding carboxylic acids is 2. The van der Waals surface area contributed by atoms with Gasteiger partial charge in [0.1, 0.15) is 17.7 Å². The molecule has 2 aromatic rings. The zero-order chi connectivity index (χ0) is 23.6. The molecule has 0 radical (unpaired) electrons. The molecule has 2 N–H and O–H groups in total. The Morgan fingerprint density at radius 2 is 1.94 bits per heavy atom. The smallest absolute Gasteiger partial charge is 0.411 e. The fourth-order valence-electron chi connectivity index (χ4n) is 3.55. The highest BCUT2D eigenvalue weighted by Crippen LogP contribution is 2.30. The normalized spacial score (nSPS) is 19.8. The van der Waals surface area contributed by atoms with Gasteiger partial charge in [-0.1, -0.05) is 24.3 Å². The molecule has 3 atom stereocenters. The van der Waals surface area contributed by atoms with E-state index >= 15 is 0 Å². The molecular formula is C22H27F2N3O4S. The molecular weight excluding hydrogens is 440 g/mol. The minimum Gasteiger partial charge on any atom is -0.444 e. The number of β-amino-alcohol motifs (C(OH)–C–C–N with tert-alkyl or cyclic N) is 1. The van der Waals surface area contributed by atoms with Crippen molar-refractivity contribution in [3.8, 4) is 10.4 Å². The van der Waals surface area contributed by atoms with E-state index in [2.05, 4.69) is 10.3 Å². The van der Waals surface area contributed by atoms with Crippen LogP contribution in [0, 0.1) is 6.92 Å². The first kappa shape index (κ1) is 24.1. The lowest BCUT2D eigenvalue weighted by Crippen LogP contribution is -2.49. The molecule has 0 bridgehead atoms. The van der Waals surface area contributed by atoms with Gasteiger partial charge in [-0.3, -0.25) is 9.69 Å². The molecule has 1 aromatic carbocycles. The SMILES string of the molecule is Cc1ncsc1-c1ccc([C@@H](NC(=O)[C@@H]2C[C@@H](O)CN2C(=O)OC(C)(C)C)C(F)F)cc1. The van der Waals surface area contributed by atoms with Gasteiger partial charge in [-0.05, 0) is 38.8 Å². The summed E-state index contributed by atoms with van der Waals surface area (Å²) in [5.41, 5.74) is 2.86. The van der Waals surface area contributed by atoms with Gasteiger partial charge in [-0.15, -0.1) is 11.3 Å². The lowest BCUT2D eigenvalue weighted by molar-refractivity contribution is -0.127. The molecule has 3 rings (SSSR count). The number of aryl methyl sites for hydroxylation is 1. The van der Waals surface area contributed by atoms with E-state index in [1.54, 1.807) is 50.5 Å². The van der Waals surface area contributed by atoms with Crippen molar-refractivity contribution < 1.29 is 28.2 Å². The summed E-state index contributed by atoms with van der Waals surface area (Å²) in [6.07, 6.45) is -4.63. The van der Waals surface area contributed by atoms with E-state index in [0.29, 0.717) is 0 Å². The van der Waals surface area contributed by atoms with Crippen molar-refractivity contribution in [1.29, 1.82) is 0 Å². The number of aliphatic hydroxyl groups excluding tert-OH is 1. The first-order valence-electron chi connectivity index (χ1n) is 10.2. The Balaban J connectivity index is 1.76. The Kier molecular flexibility index (Phi) is 7.14. The van der Waals surface area contributed by atoms with Crippen LogP contribution in [-0.2, 0) is 9.53 Å². The predicted octanol–water partition coefficient (Wildman–Crippen LogP) is 3.91. The number of hydrogen-bond donors (Lipinski definition) is 2. The van der Waals surface area contributed by atoms with Crippen LogP contribution in [0.5, 0.6) is 0 Å². The molecule has 1 aromatic heterocycles. The summed E-state index contributed by atoms with van der Waals surface area (Å²) in [7, 11) is 0. The molecule has 0 spiro atoms. The molecule has 174 valence electrons. The Morgan fingerprint density at radius 3 is 2.47 bits per heavy atom. The molecule has 7 nitrogen and oxygen atoms in total. The number of alkyl halides is 2. The van der Waals surface area contributed by atoms with Crippen LogP contribution in [-0.4, -0.2) is 57.7 Å². The number of rotatable bonds is 5. The van der Waals surface area contributed by atoms with Crippen molar-refractivity contribution >= 4 is 23.3 Å². The summed E-state index contributed by atoms with van der Waals surface area (Å²) in [5.74, 6) is -0.764. The average molecular weight is 468 g/mol. The number of ether oxygens (including phenoxy) is 1. The van der Waals surface area contributed by atoms with Crippen molar-refractivity contribution in [2.24, 2.45) is 0 Å². The molecule has 1 aliphatic heterocycles. The van der Waals surface area contributed by atoms with Gasteiger partial charge in [0.15, 0.2) is 0 Å². The van der Waals surface area contributed by atoms with Crippen LogP contribution < -0.4 is 5.32 Å². The second kappa shape index (κ2) is 9.50. The summed E-state index contributed by atoms with van der Waals surface area (Å²) >= 11 is 1.46. The molecule has 0 saturated carbocycles. The number of aromatic nitrogens is 1. The number of benzene rings is 1. The highest BCUT2D eigenvalue weighted by molar-refractivity contribution is 7.13. The van der Waals surface area contributed by atoms with Gasteiger partial charge in [0.2, 0.25) is 5.91 Å². The average Bonchev–Trinajstić information content (AvgIpc) is 3.30. The van der Waals surface area contributed by atoms with Gasteiger partial charge < -0.3 is 15.2 Å². The first-order chi connectivity index (χ1) is 15.0. The second-order valence-corrected chi connectivity index (χ2v) is 9.60. The number of amides is 2. The number of thiazole rings is 1. The maximum Gasteiger partial charge on any atom is 0.411 e. The summed E-state index contributed by atoms with van der Waals surface area (Å²) in [4.78, 5) is 31.5. The number of halogens is 2. The zero-order valence-electron chi connectivity index (χ0n) is 18.3. The standard InChI is InChI=1S/C22H27F2N3O4S/c1-12-18(32-11-25-12)14-7-5-13(6-8-14)17(19(23)24)26-20(29)16-9-15(28)10-27(16)21(30)31-22(2,3)4/h5-8,11,15-17,19,28H,9-10H2,1-4H3,(H,26,29)/t15-,16+,17-/m1/s1. The maximum atomic E-state index is 13.8. The number of likely N-dealkylation sites (tertiary alicyclic amines) is 1. The predicted molar refractivity (Wildman–Crippen MR) is 117 cm³/mol. The summed E-state index contributed by atoms with van der Waals surface area (Å²) in [5, 5.41) is 12.3. The van der Waals surface area contributed by atoms with Crippen LogP contribution in [0.1, 0.15) is 44.5 Å². The minimum absolute atomic E-state index is 0.0510. The largest absolute Gasteiger partial charge is 0.444 e. The van der Waals surface area contributed by atoms with Gasteiger partial charge in [-0.2, -0.15) is 0 Å². The third-order valence-corrected chi connectivity index (χ3v) is 6.01. The summed E-state index contributed by atoms with van der Waals surface area (Å²) in [6.45, 7) is 6.80. The quantitative estimate of drug-likeness (QED) is 0.696. The van der Waals surface area contributed by atoms with Crippen LogP contribution >= 0.6 is 11.3 Å². The van der Waals surface area contributed by atoms with E-state index in [9.17, 15) is 23.5 Å². The van der Waals surface area contributed by atoms with E-state index in [-0.39, 0.29) is 18.5 Å². The lowest BCUT2D eigenvalue weighted by Gasteiger charge is -2.29. The fourth-order valence-corrected chi connectivity index (χ4v) is 4.36. The van der Waals surface area contributed by atoms with Crippen LogP contribution in [0.3, 0.4) is 0 Å². The van der Waals surface area contributed by atoms with E-state index < -0.39 is 42.2 Å². The molecule has 32 heavy (non-hydrogen) atoms. The van der Waals surface area contributed by atoms with Crippen molar-refractivity contribution in [1.82, 2.24) is 15.2 Å². The fraction of sp³-hybridized carbons (Fsp3) is 0.500. The van der Waals surface area contributed by atoms with E-state index in [0.717, 1.165) is 21.0 Å². The summed E-state index contributed by atoms with van der Waals surface area (Å²) < 4.78 is 33.0. The van der Waals surface area contributed by atoms with Crippen LogP contribution in [0.4, 0.5) is 13.6 Å². The van der Waals surface area contributed by atoms with Gasteiger partial charge in [0.25, 0.3) is 6.43 Å². The highest BCUT2D eigenvalue weighted by atomic mass is 32.1. The zero-order valence-corrected chi connectivity index (χ0v) is 19.2. The van der Waals surface area contributed by atoms with E-state index in [4.69, 9.17) is 4.74 Å². The molecule has 0 aliphatic carbocycles. The topological polar surface area (TPSA) is 91.8 Å². The second-order valence-electron chi connectivity index (χ2n) is 8.75. The molecule has 2 amide bonds. The van der Waals surface area contributed by atoms with Gasteiger partial charge in [0, 0.05) is 6.42 Å². The van der Waals surface area contributed by atoms with Crippen molar-refractivity contribution in [2.75, 3.05) is 6.54 Å². The van der Waals surface area contributed by atoms with Gasteiger partial charge >= 0.3 is 6.09 Å². The monoisotopic (exact) mass is 467 g/mol. The highest BCUT2D eigenvalue weighted by Gasteiger charge is 2.42. The minimum atomic E-state index is -2.86.